The van der Waals surface area contributed by atoms with E-state index in [-0.39, 0.29) is 37.3 Å². The molecule has 18 atom stereocenters. The van der Waals surface area contributed by atoms with E-state index in [1.54, 1.807) is 41.5 Å². The number of carbonyl (C=O) groups is 1. The van der Waals surface area contributed by atoms with Crippen molar-refractivity contribution in [3.8, 4) is 0 Å². The summed E-state index contributed by atoms with van der Waals surface area (Å²) in [5, 5.41) is 61.9. The number of hydrogen-bond donors (Lipinski definition) is 6. The second-order valence-electron chi connectivity index (χ2n) is 17.4. The van der Waals surface area contributed by atoms with Crippen LogP contribution in [0.15, 0.2) is 0 Å². The van der Waals surface area contributed by atoms with Crippen LogP contribution in [-0.4, -0.2) is 154 Å². The van der Waals surface area contributed by atoms with Gasteiger partial charge in [-0.2, -0.15) is 0 Å². The van der Waals surface area contributed by atoms with Gasteiger partial charge in [-0.15, -0.1) is 0 Å². The summed E-state index contributed by atoms with van der Waals surface area (Å²) in [7, 11) is 5.30. The zero-order chi connectivity index (χ0) is 40.4. The Bertz CT molecular complexity index is 1180. The van der Waals surface area contributed by atoms with Gasteiger partial charge in [0.2, 0.25) is 0 Å². The van der Waals surface area contributed by atoms with Crippen molar-refractivity contribution in [3.05, 3.63) is 0 Å². The maximum atomic E-state index is 14.2. The predicted octanol–water partition coefficient (Wildman–Crippen LogP) is 2.34. The lowest BCUT2D eigenvalue weighted by atomic mass is 9.74. The minimum atomic E-state index is -1.81. The minimum Gasteiger partial charge on any atom is -0.459 e. The van der Waals surface area contributed by atoms with Gasteiger partial charge in [-0.05, 0) is 101 Å². The molecule has 0 aromatic carbocycles. The van der Waals surface area contributed by atoms with Crippen LogP contribution in [0.5, 0.6) is 0 Å². The van der Waals surface area contributed by atoms with Crippen LogP contribution in [0, 0.1) is 17.8 Å². The summed E-state index contributed by atoms with van der Waals surface area (Å²) in [4.78, 5) is 16.2. The van der Waals surface area contributed by atoms with Gasteiger partial charge >= 0.3 is 5.97 Å². The highest BCUT2D eigenvalue weighted by molar-refractivity contribution is 5.73. The van der Waals surface area contributed by atoms with E-state index in [0.717, 1.165) is 0 Å². The van der Waals surface area contributed by atoms with Gasteiger partial charge < -0.3 is 64.2 Å². The average Bonchev–Trinajstić information content (AvgIpc) is 3.08. The van der Waals surface area contributed by atoms with Crippen molar-refractivity contribution >= 4 is 5.97 Å². The third-order valence-electron chi connectivity index (χ3n) is 12.7. The molecule has 3 rings (SSSR count). The van der Waals surface area contributed by atoms with Crippen molar-refractivity contribution in [2.45, 2.75) is 198 Å². The van der Waals surface area contributed by atoms with Crippen LogP contribution in [0.3, 0.4) is 0 Å². The number of hydrogen-bond acceptors (Lipinski definition) is 14. The topological polar surface area (TPSA) is 189 Å². The Morgan fingerprint density at radius 3 is 2.11 bits per heavy atom. The van der Waals surface area contributed by atoms with Crippen LogP contribution in [-0.2, 0) is 33.2 Å². The molecule has 6 N–H and O–H groups in total. The zero-order valence-electron chi connectivity index (χ0n) is 34.9. The van der Waals surface area contributed by atoms with E-state index in [0.29, 0.717) is 19.4 Å². The SMILES string of the molecule is CC[C@H]1OC(=O)[C@H](C)[C@@H](O[C@H]2C[C@@](C)(OC)[C@](O)(CC)[C@H](C)O2)[C@H](C)[C@@H](O[C@@H]2O[C@H](C)CC(N(C)C)[C@H]2O)[C@](C)(O)C[C@@H](C)CN[C@H](C)[C@@H](O)[C@]1(C)O. The summed E-state index contributed by atoms with van der Waals surface area (Å²) >= 11 is 0. The van der Waals surface area contributed by atoms with Crippen LogP contribution in [0.4, 0.5) is 0 Å². The molecule has 3 aliphatic heterocycles. The van der Waals surface area contributed by atoms with E-state index in [2.05, 4.69) is 5.32 Å². The van der Waals surface area contributed by atoms with Gasteiger partial charge in [0.15, 0.2) is 12.6 Å². The summed E-state index contributed by atoms with van der Waals surface area (Å²) in [6, 6.07) is -0.865. The third kappa shape index (κ3) is 9.93. The lowest BCUT2D eigenvalue weighted by Gasteiger charge is -2.53. The Balaban J connectivity index is 2.17. The molecule has 3 fully saturated rings. The van der Waals surface area contributed by atoms with Gasteiger partial charge in [-0.25, -0.2) is 0 Å². The molecule has 0 saturated carbocycles. The van der Waals surface area contributed by atoms with Gasteiger partial charge in [0, 0.05) is 31.5 Å². The number of aliphatic hydroxyl groups is 5. The van der Waals surface area contributed by atoms with Crippen LogP contribution >= 0.6 is 0 Å². The maximum absolute atomic E-state index is 14.2. The van der Waals surface area contributed by atoms with Crippen molar-refractivity contribution < 1.29 is 58.7 Å². The predicted molar refractivity (Wildman–Crippen MR) is 199 cm³/mol. The maximum Gasteiger partial charge on any atom is 0.311 e. The molecule has 3 aliphatic rings. The first-order valence-electron chi connectivity index (χ1n) is 19.7. The van der Waals surface area contributed by atoms with Gasteiger partial charge in [0.05, 0.1) is 35.9 Å². The first-order chi connectivity index (χ1) is 24.4. The number of nitrogens with one attached hydrogen (secondary N) is 1. The number of carbonyl (C=O) groups excluding carboxylic acids is 1. The third-order valence-corrected chi connectivity index (χ3v) is 12.7. The summed E-state index contributed by atoms with van der Waals surface area (Å²) in [5.41, 5.74) is -5.77. The van der Waals surface area contributed by atoms with Crippen molar-refractivity contribution in [2.75, 3.05) is 27.7 Å². The van der Waals surface area contributed by atoms with E-state index >= 15 is 0 Å². The molecule has 3 saturated heterocycles. The molecule has 3 heterocycles. The fraction of sp³-hybridized carbons (Fsp3) is 0.974. The zero-order valence-corrected chi connectivity index (χ0v) is 34.9. The molecule has 0 aliphatic carbocycles. The lowest BCUT2D eigenvalue weighted by Crippen LogP contribution is -2.66. The second kappa shape index (κ2) is 18.1. The quantitative estimate of drug-likeness (QED) is 0.198. The van der Waals surface area contributed by atoms with E-state index in [4.69, 9.17) is 28.4 Å². The van der Waals surface area contributed by atoms with Crippen LogP contribution in [0.2, 0.25) is 0 Å². The number of aliphatic hydroxyl groups excluding tert-OH is 2. The molecule has 53 heavy (non-hydrogen) atoms. The van der Waals surface area contributed by atoms with E-state index in [1.807, 2.05) is 46.7 Å². The normalized spacial score (nSPS) is 49.9. The van der Waals surface area contributed by atoms with Gasteiger partial charge in [0.25, 0.3) is 0 Å². The highest BCUT2D eigenvalue weighted by atomic mass is 16.7. The Morgan fingerprint density at radius 1 is 0.943 bits per heavy atom. The average molecular weight is 763 g/mol. The molecular weight excluding hydrogens is 688 g/mol. The molecule has 14 nitrogen and oxygen atoms in total. The van der Waals surface area contributed by atoms with Gasteiger partial charge in [0.1, 0.15) is 35.1 Å². The Kier molecular flexibility index (Phi) is 15.8. The van der Waals surface area contributed by atoms with E-state index in [1.165, 1.54) is 14.0 Å². The van der Waals surface area contributed by atoms with Crippen LogP contribution in [0.25, 0.3) is 0 Å². The summed E-state index contributed by atoms with van der Waals surface area (Å²) in [6.07, 6.45) is -7.03. The summed E-state index contributed by atoms with van der Waals surface area (Å²) < 4.78 is 38.0. The van der Waals surface area contributed by atoms with Crippen molar-refractivity contribution in [2.24, 2.45) is 17.8 Å². The number of ether oxygens (including phenoxy) is 6. The highest BCUT2D eigenvalue weighted by Crippen LogP contribution is 2.44. The van der Waals surface area contributed by atoms with Gasteiger partial charge in [-0.1, -0.05) is 27.7 Å². The van der Waals surface area contributed by atoms with Crippen LogP contribution in [0.1, 0.15) is 108 Å². The molecule has 0 radical (unpaired) electrons. The molecule has 1 unspecified atom stereocenters. The number of rotatable bonds is 8. The number of methoxy groups -OCH3 is 1. The number of likely N-dealkylation sites (N-methyl/N-ethyl adjacent to an activating group) is 1. The molecule has 0 spiro atoms. The molecule has 0 aromatic rings. The van der Waals surface area contributed by atoms with Crippen molar-refractivity contribution in [3.63, 3.8) is 0 Å². The standard InChI is InChI=1S/C39H74N2O12/c1-15-28-38(11,46)32(43)25(7)40-20-21(3)18-36(9,45)33(53-35-30(42)27(41(12)13)17-22(4)49-35)23(5)31(24(6)34(44)51-28)52-29-19-37(10,48-14)39(47,16-2)26(8)50-29/h21-33,35,40,42-43,45-47H,15-20H2,1-14H3/t21-,22-,23+,24-,25-,26+,27?,28-,29+,30-,31+,32-,33-,35+,36-,37-,38-,39+/m1/s1. The monoisotopic (exact) mass is 763 g/mol. The summed E-state index contributed by atoms with van der Waals surface area (Å²) in [5.74, 6) is -2.63. The van der Waals surface area contributed by atoms with E-state index < -0.39 is 95.5 Å². The Labute approximate surface area is 318 Å². The van der Waals surface area contributed by atoms with Crippen molar-refractivity contribution in [1.29, 1.82) is 0 Å². The van der Waals surface area contributed by atoms with Gasteiger partial charge in [-0.3, -0.25) is 4.79 Å². The Hall–Kier alpha value is -1.01. The number of esters is 1. The molecular formula is C39H74N2O12. The van der Waals surface area contributed by atoms with Crippen molar-refractivity contribution in [1.82, 2.24) is 10.2 Å². The largest absolute Gasteiger partial charge is 0.459 e. The highest BCUT2D eigenvalue weighted by Gasteiger charge is 2.57. The first-order valence-corrected chi connectivity index (χ1v) is 19.7. The smallest absolute Gasteiger partial charge is 0.311 e. The molecule has 0 amide bonds. The minimum absolute atomic E-state index is 0.122. The molecule has 312 valence electrons. The summed E-state index contributed by atoms with van der Waals surface area (Å²) in [6.45, 7) is 19.8. The fourth-order valence-corrected chi connectivity index (χ4v) is 9.08. The molecule has 0 aromatic heterocycles. The first kappa shape index (κ1) is 46.4. The van der Waals surface area contributed by atoms with Crippen LogP contribution < -0.4 is 5.32 Å². The number of cyclic esters (lactones) is 1. The Morgan fingerprint density at radius 2 is 1.57 bits per heavy atom. The fourth-order valence-electron chi connectivity index (χ4n) is 9.08. The lowest BCUT2D eigenvalue weighted by molar-refractivity contribution is -0.338. The molecule has 14 heteroatoms. The second-order valence-corrected chi connectivity index (χ2v) is 17.4. The van der Waals surface area contributed by atoms with E-state index in [9.17, 15) is 30.3 Å². The number of nitrogens with zero attached hydrogens (tertiary/aromatic N) is 1. The molecule has 0 bridgehead atoms.